The first-order valence-electron chi connectivity index (χ1n) is 8.03. The molecule has 1 saturated carbocycles. The van der Waals surface area contributed by atoms with Gasteiger partial charge in [0.05, 0.1) is 21.3 Å². The van der Waals surface area contributed by atoms with E-state index in [4.69, 9.17) is 14.2 Å². The molecule has 7 heteroatoms. The Balaban J connectivity index is 0.00000144. The van der Waals surface area contributed by atoms with Crippen molar-refractivity contribution in [3.63, 3.8) is 0 Å². The first-order valence-corrected chi connectivity index (χ1v) is 8.03. The normalized spacial score (nSPS) is 18.8. The zero-order chi connectivity index (χ0) is 15.5. The van der Waals surface area contributed by atoms with Crippen molar-refractivity contribution in [1.29, 1.82) is 0 Å². The molecule has 0 aromatic heterocycles. The molecule has 138 valence electrons. The Hall–Kier alpha value is -0.880. The molecular formula is C17H28Cl2N2O3. The van der Waals surface area contributed by atoms with Crippen molar-refractivity contribution in [3.05, 3.63) is 17.7 Å². The number of piperazine rings is 1. The van der Waals surface area contributed by atoms with Crippen molar-refractivity contribution < 1.29 is 14.2 Å². The highest BCUT2D eigenvalue weighted by atomic mass is 35.5. The molecule has 3 rings (SSSR count). The van der Waals surface area contributed by atoms with Gasteiger partial charge in [0, 0.05) is 43.9 Å². The van der Waals surface area contributed by atoms with E-state index in [2.05, 4.69) is 16.3 Å². The Labute approximate surface area is 156 Å². The summed E-state index contributed by atoms with van der Waals surface area (Å²) >= 11 is 0. The lowest BCUT2D eigenvalue weighted by Gasteiger charge is -2.36. The van der Waals surface area contributed by atoms with Crippen LogP contribution in [-0.4, -0.2) is 52.4 Å². The zero-order valence-corrected chi connectivity index (χ0v) is 16.2. The fourth-order valence-corrected chi connectivity index (χ4v) is 3.41. The number of nitrogens with one attached hydrogen (secondary N) is 1. The minimum atomic E-state index is 0. The van der Waals surface area contributed by atoms with Gasteiger partial charge in [-0.1, -0.05) is 0 Å². The molecule has 1 N–H and O–H groups in total. The van der Waals surface area contributed by atoms with Gasteiger partial charge in [-0.05, 0) is 24.8 Å². The lowest BCUT2D eigenvalue weighted by atomic mass is 9.98. The molecule has 1 aliphatic heterocycles. The van der Waals surface area contributed by atoms with Crippen LogP contribution < -0.4 is 19.5 Å². The molecule has 1 aliphatic carbocycles. The molecule has 0 radical (unpaired) electrons. The van der Waals surface area contributed by atoms with Crippen LogP contribution in [-0.2, 0) is 0 Å². The number of benzene rings is 1. The van der Waals surface area contributed by atoms with Crippen LogP contribution in [0.25, 0.3) is 0 Å². The second-order valence-corrected chi connectivity index (χ2v) is 6.02. The molecule has 1 aromatic carbocycles. The topological polar surface area (TPSA) is 43.0 Å². The number of rotatable bonds is 6. The average molecular weight is 379 g/mol. The number of hydrogen-bond donors (Lipinski definition) is 1. The standard InChI is InChI=1S/C17H26N2O3.2ClH/c1-20-14-11-16(22-3)15(21-2)10-13(14)17(12-4-5-12)19-8-6-18-7-9-19;;/h10-12,17-18H,4-9H2,1-3H3;2*1H/t17-;;/m1../s1. The van der Waals surface area contributed by atoms with E-state index in [0.29, 0.717) is 6.04 Å². The molecule has 24 heavy (non-hydrogen) atoms. The van der Waals surface area contributed by atoms with Gasteiger partial charge in [-0.25, -0.2) is 0 Å². The molecule has 2 aliphatic rings. The molecular weight excluding hydrogens is 351 g/mol. The maximum Gasteiger partial charge on any atom is 0.164 e. The summed E-state index contributed by atoms with van der Waals surface area (Å²) in [7, 11) is 5.07. The molecule has 0 spiro atoms. The van der Waals surface area contributed by atoms with Crippen molar-refractivity contribution in [2.75, 3.05) is 47.5 Å². The van der Waals surface area contributed by atoms with Gasteiger partial charge in [0.1, 0.15) is 5.75 Å². The molecule has 0 unspecified atom stereocenters. The predicted molar refractivity (Wildman–Crippen MR) is 101 cm³/mol. The van der Waals surface area contributed by atoms with Gasteiger partial charge in [-0.15, -0.1) is 24.8 Å². The van der Waals surface area contributed by atoms with Crippen LogP contribution in [0.3, 0.4) is 0 Å². The monoisotopic (exact) mass is 378 g/mol. The molecule has 1 saturated heterocycles. The molecule has 5 nitrogen and oxygen atoms in total. The number of nitrogens with zero attached hydrogens (tertiary/aromatic N) is 1. The quantitative estimate of drug-likeness (QED) is 0.824. The number of methoxy groups -OCH3 is 3. The highest BCUT2D eigenvalue weighted by Gasteiger charge is 2.38. The van der Waals surface area contributed by atoms with E-state index in [1.807, 2.05) is 6.07 Å². The largest absolute Gasteiger partial charge is 0.496 e. The Morgan fingerprint density at radius 3 is 1.96 bits per heavy atom. The minimum absolute atomic E-state index is 0. The van der Waals surface area contributed by atoms with Gasteiger partial charge in [0.25, 0.3) is 0 Å². The van der Waals surface area contributed by atoms with Crippen LogP contribution in [0.1, 0.15) is 24.4 Å². The maximum atomic E-state index is 5.66. The average Bonchev–Trinajstić information content (AvgIpc) is 3.40. The molecule has 0 bridgehead atoms. The predicted octanol–water partition coefficient (Wildman–Crippen LogP) is 2.91. The summed E-state index contributed by atoms with van der Waals surface area (Å²) in [6.07, 6.45) is 2.60. The van der Waals surface area contributed by atoms with Crippen molar-refractivity contribution in [1.82, 2.24) is 10.2 Å². The fraction of sp³-hybridized carbons (Fsp3) is 0.647. The number of halogens is 2. The van der Waals surface area contributed by atoms with Gasteiger partial charge in [-0.3, -0.25) is 4.90 Å². The second-order valence-electron chi connectivity index (χ2n) is 6.02. The van der Waals surface area contributed by atoms with Crippen molar-refractivity contribution in [2.24, 2.45) is 5.92 Å². The summed E-state index contributed by atoms with van der Waals surface area (Å²) in [5.74, 6) is 3.12. The van der Waals surface area contributed by atoms with Crippen LogP contribution in [0.4, 0.5) is 0 Å². The first kappa shape index (κ1) is 21.2. The maximum absolute atomic E-state index is 5.66. The lowest BCUT2D eigenvalue weighted by Crippen LogP contribution is -2.45. The number of ether oxygens (including phenoxy) is 3. The van der Waals surface area contributed by atoms with Crippen LogP contribution in [0, 0.1) is 5.92 Å². The van der Waals surface area contributed by atoms with E-state index in [-0.39, 0.29) is 24.8 Å². The summed E-state index contributed by atoms with van der Waals surface area (Å²) in [6.45, 7) is 4.27. The Kier molecular flexibility index (Phi) is 8.43. The summed E-state index contributed by atoms with van der Waals surface area (Å²) in [5, 5.41) is 3.43. The van der Waals surface area contributed by atoms with Crippen LogP contribution >= 0.6 is 24.8 Å². The van der Waals surface area contributed by atoms with E-state index in [1.54, 1.807) is 21.3 Å². The molecule has 1 aromatic rings. The van der Waals surface area contributed by atoms with Gasteiger partial charge in [-0.2, -0.15) is 0 Å². The Bertz CT molecular complexity index is 521. The van der Waals surface area contributed by atoms with Gasteiger partial charge in [0.2, 0.25) is 0 Å². The minimum Gasteiger partial charge on any atom is -0.496 e. The van der Waals surface area contributed by atoms with Crippen LogP contribution in [0.15, 0.2) is 12.1 Å². The van der Waals surface area contributed by atoms with Crippen molar-refractivity contribution in [3.8, 4) is 17.2 Å². The van der Waals surface area contributed by atoms with E-state index < -0.39 is 0 Å². The third-order valence-corrected chi connectivity index (χ3v) is 4.67. The summed E-state index contributed by atoms with van der Waals surface area (Å²) in [4.78, 5) is 2.58. The fourth-order valence-electron chi connectivity index (χ4n) is 3.41. The smallest absolute Gasteiger partial charge is 0.164 e. The van der Waals surface area contributed by atoms with Crippen molar-refractivity contribution in [2.45, 2.75) is 18.9 Å². The van der Waals surface area contributed by atoms with Crippen LogP contribution in [0.2, 0.25) is 0 Å². The van der Waals surface area contributed by atoms with Gasteiger partial charge >= 0.3 is 0 Å². The molecule has 2 fully saturated rings. The third kappa shape index (κ3) is 4.39. The summed E-state index contributed by atoms with van der Waals surface area (Å²) in [6, 6.07) is 4.46. The van der Waals surface area contributed by atoms with E-state index in [1.165, 1.54) is 18.4 Å². The van der Waals surface area contributed by atoms with E-state index >= 15 is 0 Å². The summed E-state index contributed by atoms with van der Waals surface area (Å²) < 4.78 is 16.6. The molecule has 0 amide bonds. The van der Waals surface area contributed by atoms with E-state index in [9.17, 15) is 0 Å². The van der Waals surface area contributed by atoms with Gasteiger partial charge < -0.3 is 19.5 Å². The highest BCUT2D eigenvalue weighted by Crippen LogP contribution is 2.49. The zero-order valence-electron chi connectivity index (χ0n) is 14.5. The summed E-state index contributed by atoms with van der Waals surface area (Å²) in [5.41, 5.74) is 1.23. The second kappa shape index (κ2) is 9.56. The third-order valence-electron chi connectivity index (χ3n) is 4.67. The highest BCUT2D eigenvalue weighted by molar-refractivity contribution is 5.85. The van der Waals surface area contributed by atoms with Crippen molar-refractivity contribution >= 4 is 24.8 Å². The van der Waals surface area contributed by atoms with Crippen LogP contribution in [0.5, 0.6) is 17.2 Å². The SMILES string of the molecule is COc1cc(OC)c([C@@H](C2CC2)N2CCNCC2)cc1OC.Cl.Cl. The first-order chi connectivity index (χ1) is 10.8. The van der Waals surface area contributed by atoms with E-state index in [0.717, 1.165) is 49.3 Å². The Morgan fingerprint density at radius 2 is 1.46 bits per heavy atom. The molecule has 1 heterocycles. The molecule has 1 atom stereocenters. The lowest BCUT2D eigenvalue weighted by molar-refractivity contribution is 0.153. The Morgan fingerprint density at radius 1 is 0.917 bits per heavy atom. The van der Waals surface area contributed by atoms with Gasteiger partial charge in [0.15, 0.2) is 11.5 Å². The number of hydrogen-bond acceptors (Lipinski definition) is 5.